The van der Waals surface area contributed by atoms with Gasteiger partial charge in [-0.3, -0.25) is 0 Å². The molecular formula is C15H18N4O. The van der Waals surface area contributed by atoms with Gasteiger partial charge in [-0.15, -0.1) is 0 Å². The lowest BCUT2D eigenvalue weighted by atomic mass is 9.94. The third kappa shape index (κ3) is 2.72. The Labute approximate surface area is 118 Å². The van der Waals surface area contributed by atoms with Gasteiger partial charge in [0, 0.05) is 24.8 Å². The van der Waals surface area contributed by atoms with Gasteiger partial charge in [0.25, 0.3) is 0 Å². The second kappa shape index (κ2) is 5.88. The van der Waals surface area contributed by atoms with Crippen LogP contribution in [0.3, 0.4) is 0 Å². The fourth-order valence-corrected chi connectivity index (χ4v) is 2.51. The topological polar surface area (TPSA) is 59.1 Å². The monoisotopic (exact) mass is 270 g/mol. The number of nitrogens with zero attached hydrogens (tertiary/aromatic N) is 2. The summed E-state index contributed by atoms with van der Waals surface area (Å²) in [7, 11) is 1.60. The fourth-order valence-electron chi connectivity index (χ4n) is 2.51. The predicted molar refractivity (Wildman–Crippen MR) is 78.0 cm³/mol. The van der Waals surface area contributed by atoms with E-state index in [9.17, 15) is 0 Å². The van der Waals surface area contributed by atoms with Gasteiger partial charge in [0.15, 0.2) is 0 Å². The summed E-state index contributed by atoms with van der Waals surface area (Å²) in [6.07, 6.45) is 2.78. The number of hydrogen-bond acceptors (Lipinski definition) is 5. The lowest BCUT2D eigenvalue weighted by Crippen LogP contribution is -2.34. The SMILES string of the molecule is COc1ccnc(NCC2NCCc3ccccc32)n1. The number of anilines is 1. The predicted octanol–water partition coefficient (Wildman–Crippen LogP) is 1.78. The molecule has 1 aliphatic heterocycles. The average molecular weight is 270 g/mol. The summed E-state index contributed by atoms with van der Waals surface area (Å²) in [6, 6.07) is 10.6. The van der Waals surface area contributed by atoms with E-state index in [-0.39, 0.29) is 6.04 Å². The van der Waals surface area contributed by atoms with E-state index < -0.39 is 0 Å². The highest BCUT2D eigenvalue weighted by Gasteiger charge is 2.18. The van der Waals surface area contributed by atoms with Crippen LogP contribution in [0.1, 0.15) is 17.2 Å². The third-order valence-electron chi connectivity index (χ3n) is 3.52. The molecule has 0 saturated carbocycles. The van der Waals surface area contributed by atoms with E-state index in [2.05, 4.69) is 44.9 Å². The zero-order chi connectivity index (χ0) is 13.8. The number of ether oxygens (including phenoxy) is 1. The van der Waals surface area contributed by atoms with Crippen molar-refractivity contribution in [2.24, 2.45) is 0 Å². The number of nitrogens with one attached hydrogen (secondary N) is 2. The van der Waals surface area contributed by atoms with Gasteiger partial charge in [0.1, 0.15) is 0 Å². The lowest BCUT2D eigenvalue weighted by molar-refractivity contribution is 0.397. The quantitative estimate of drug-likeness (QED) is 0.887. The normalized spacial score (nSPS) is 17.4. The zero-order valence-electron chi connectivity index (χ0n) is 11.5. The van der Waals surface area contributed by atoms with E-state index in [1.165, 1.54) is 11.1 Å². The van der Waals surface area contributed by atoms with Crippen LogP contribution in [0.5, 0.6) is 5.88 Å². The van der Waals surface area contributed by atoms with Crippen molar-refractivity contribution in [3.05, 3.63) is 47.7 Å². The third-order valence-corrected chi connectivity index (χ3v) is 3.52. The Hall–Kier alpha value is -2.14. The first-order valence-corrected chi connectivity index (χ1v) is 6.79. The molecule has 0 fully saturated rings. The van der Waals surface area contributed by atoms with Crippen molar-refractivity contribution in [3.63, 3.8) is 0 Å². The summed E-state index contributed by atoms with van der Waals surface area (Å²) in [5, 5.41) is 6.79. The molecule has 2 heterocycles. The van der Waals surface area contributed by atoms with E-state index >= 15 is 0 Å². The molecule has 1 aromatic carbocycles. The van der Waals surface area contributed by atoms with Crippen molar-refractivity contribution >= 4 is 5.95 Å². The Morgan fingerprint density at radius 3 is 3.15 bits per heavy atom. The summed E-state index contributed by atoms with van der Waals surface area (Å²) in [6.45, 7) is 1.76. The van der Waals surface area contributed by atoms with Crippen LogP contribution in [0.2, 0.25) is 0 Å². The summed E-state index contributed by atoms with van der Waals surface area (Å²) in [4.78, 5) is 8.46. The van der Waals surface area contributed by atoms with Gasteiger partial charge >= 0.3 is 0 Å². The van der Waals surface area contributed by atoms with Gasteiger partial charge in [0.05, 0.1) is 7.11 Å². The maximum Gasteiger partial charge on any atom is 0.226 e. The number of benzene rings is 1. The molecule has 104 valence electrons. The molecule has 5 nitrogen and oxygen atoms in total. The first-order chi connectivity index (χ1) is 9.86. The van der Waals surface area contributed by atoms with E-state index in [0.29, 0.717) is 11.8 Å². The molecule has 2 aromatic rings. The molecule has 1 atom stereocenters. The Morgan fingerprint density at radius 1 is 1.35 bits per heavy atom. The van der Waals surface area contributed by atoms with Gasteiger partial charge in [0.2, 0.25) is 11.8 Å². The largest absolute Gasteiger partial charge is 0.481 e. The number of fused-ring (bicyclic) bond motifs is 1. The Morgan fingerprint density at radius 2 is 2.25 bits per heavy atom. The Balaban J connectivity index is 1.70. The number of methoxy groups -OCH3 is 1. The van der Waals surface area contributed by atoms with E-state index in [0.717, 1.165) is 19.5 Å². The van der Waals surface area contributed by atoms with E-state index in [1.54, 1.807) is 19.4 Å². The maximum atomic E-state index is 5.10. The number of hydrogen-bond donors (Lipinski definition) is 2. The second-order valence-corrected chi connectivity index (χ2v) is 4.76. The van der Waals surface area contributed by atoms with Crippen LogP contribution in [-0.4, -0.2) is 30.2 Å². The van der Waals surface area contributed by atoms with Crippen molar-refractivity contribution in [2.75, 3.05) is 25.5 Å². The smallest absolute Gasteiger partial charge is 0.226 e. The molecular weight excluding hydrogens is 252 g/mol. The van der Waals surface area contributed by atoms with Crippen LogP contribution >= 0.6 is 0 Å². The number of rotatable bonds is 4. The van der Waals surface area contributed by atoms with Gasteiger partial charge in [-0.2, -0.15) is 4.98 Å². The van der Waals surface area contributed by atoms with Crippen LogP contribution in [0.15, 0.2) is 36.5 Å². The molecule has 0 aliphatic carbocycles. The van der Waals surface area contributed by atoms with E-state index in [4.69, 9.17) is 4.74 Å². The number of aromatic nitrogens is 2. The van der Waals surface area contributed by atoms with Crippen LogP contribution in [0.25, 0.3) is 0 Å². The summed E-state index contributed by atoms with van der Waals surface area (Å²) in [5.74, 6) is 1.16. The summed E-state index contributed by atoms with van der Waals surface area (Å²) < 4.78 is 5.10. The minimum atomic E-state index is 0.287. The van der Waals surface area contributed by atoms with Crippen molar-refractivity contribution < 1.29 is 4.74 Å². The molecule has 0 radical (unpaired) electrons. The van der Waals surface area contributed by atoms with Crippen LogP contribution in [-0.2, 0) is 6.42 Å². The van der Waals surface area contributed by atoms with Crippen molar-refractivity contribution in [1.82, 2.24) is 15.3 Å². The van der Waals surface area contributed by atoms with Crippen LogP contribution in [0, 0.1) is 0 Å². The van der Waals surface area contributed by atoms with Crippen LogP contribution in [0.4, 0.5) is 5.95 Å². The lowest BCUT2D eigenvalue weighted by Gasteiger charge is -2.27. The molecule has 0 saturated heterocycles. The van der Waals surface area contributed by atoms with Crippen LogP contribution < -0.4 is 15.4 Å². The molecule has 0 bridgehead atoms. The summed E-state index contributed by atoms with van der Waals surface area (Å²) >= 11 is 0. The minimum Gasteiger partial charge on any atom is -0.481 e. The van der Waals surface area contributed by atoms with Gasteiger partial charge in [-0.1, -0.05) is 24.3 Å². The maximum absolute atomic E-state index is 5.10. The minimum absolute atomic E-state index is 0.287. The molecule has 20 heavy (non-hydrogen) atoms. The summed E-state index contributed by atoms with van der Waals surface area (Å²) in [5.41, 5.74) is 2.78. The van der Waals surface area contributed by atoms with Gasteiger partial charge in [-0.05, 0) is 24.1 Å². The highest BCUT2D eigenvalue weighted by atomic mass is 16.5. The molecule has 2 N–H and O–H groups in total. The van der Waals surface area contributed by atoms with Gasteiger partial charge < -0.3 is 15.4 Å². The van der Waals surface area contributed by atoms with Crippen molar-refractivity contribution in [1.29, 1.82) is 0 Å². The standard InChI is InChI=1S/C15H18N4O/c1-20-14-7-9-17-15(19-14)18-10-13-12-5-3-2-4-11(12)6-8-16-13/h2-5,7,9,13,16H,6,8,10H2,1H3,(H,17,18,19). The molecule has 1 aromatic heterocycles. The first-order valence-electron chi connectivity index (χ1n) is 6.79. The molecule has 0 spiro atoms. The Bertz CT molecular complexity index is 588. The zero-order valence-corrected chi connectivity index (χ0v) is 11.5. The highest BCUT2D eigenvalue weighted by Crippen LogP contribution is 2.22. The van der Waals surface area contributed by atoms with Crippen molar-refractivity contribution in [2.45, 2.75) is 12.5 Å². The molecule has 3 rings (SSSR count). The first kappa shape index (κ1) is 12.9. The average Bonchev–Trinajstić information content (AvgIpc) is 2.53. The molecule has 1 unspecified atom stereocenters. The van der Waals surface area contributed by atoms with E-state index in [1.807, 2.05) is 0 Å². The molecule has 5 heteroatoms. The second-order valence-electron chi connectivity index (χ2n) is 4.76. The Kier molecular flexibility index (Phi) is 3.78. The fraction of sp³-hybridized carbons (Fsp3) is 0.333. The van der Waals surface area contributed by atoms with Gasteiger partial charge in [-0.25, -0.2) is 4.98 Å². The molecule has 1 aliphatic rings. The molecule has 0 amide bonds. The highest BCUT2D eigenvalue weighted by molar-refractivity contribution is 5.35. The van der Waals surface area contributed by atoms with Crippen molar-refractivity contribution in [3.8, 4) is 5.88 Å².